The van der Waals surface area contributed by atoms with E-state index in [1.165, 1.54) is 25.7 Å². The highest BCUT2D eigenvalue weighted by Gasteiger charge is 2.50. The van der Waals surface area contributed by atoms with Gasteiger partial charge in [0.1, 0.15) is 18.8 Å². The summed E-state index contributed by atoms with van der Waals surface area (Å²) in [6.07, 6.45) is 72.4. The number of carboxylic acid groups (broad SMARTS) is 1. The first-order valence-electron chi connectivity index (χ1n) is 32.8. The van der Waals surface area contributed by atoms with Gasteiger partial charge in [-0.1, -0.05) is 237 Å². The second kappa shape index (κ2) is 59.0. The molecular weight excluding hydrogens is 1070 g/mol. The molecule has 0 aliphatic carbocycles. The Bertz CT molecular complexity index is 2030. The van der Waals surface area contributed by atoms with Crippen LogP contribution < -0.4 is 0 Å². The molecule has 0 saturated carbocycles. The van der Waals surface area contributed by atoms with Gasteiger partial charge in [0.2, 0.25) is 0 Å². The van der Waals surface area contributed by atoms with Crippen molar-refractivity contribution < 1.29 is 58.2 Å². The molecule has 478 valence electrons. The van der Waals surface area contributed by atoms with E-state index in [0.717, 1.165) is 148 Å². The summed E-state index contributed by atoms with van der Waals surface area (Å²) < 4.78 is 28.4. The zero-order chi connectivity index (χ0) is 61.7. The molecule has 3 N–H and O–H groups in total. The SMILES string of the molecule is CC/C=C\C/C=C\C/C=C\C/C=C\C/C=C\C/C=C\CCC(=O)OC1C(OCC(COC(=O)CCCCCCCC/C=C\C/C=C\C/C=C\CCCCC)OC(=O)CCCCCCCCC/C=C\C/C=C\C/C=C\CC)OC(C(=O)O)C(O)C1O. The molecule has 0 amide bonds. The maximum absolute atomic E-state index is 13.2. The van der Waals surface area contributed by atoms with Crippen molar-refractivity contribution in [3.8, 4) is 0 Å². The molecule has 0 aromatic heterocycles. The number of carbonyl (C=O) groups is 4. The smallest absolute Gasteiger partial charge is 0.335 e. The third-order valence-electron chi connectivity index (χ3n) is 13.9. The third-order valence-corrected chi connectivity index (χ3v) is 13.9. The van der Waals surface area contributed by atoms with E-state index in [1.807, 2.05) is 18.2 Å². The van der Waals surface area contributed by atoms with Crippen LogP contribution in [0, 0.1) is 0 Å². The lowest BCUT2D eigenvalue weighted by molar-refractivity contribution is -0.301. The van der Waals surface area contributed by atoms with Crippen LogP contribution in [0.25, 0.3) is 0 Å². The molecular formula is C73H114O12. The largest absolute Gasteiger partial charge is 0.479 e. The molecule has 0 aromatic carbocycles. The lowest BCUT2D eigenvalue weighted by Gasteiger charge is -2.40. The Morgan fingerprint density at radius 3 is 1.18 bits per heavy atom. The fourth-order valence-electron chi connectivity index (χ4n) is 8.94. The van der Waals surface area contributed by atoms with E-state index in [-0.39, 0.29) is 25.9 Å². The number of ether oxygens (including phenoxy) is 5. The average Bonchev–Trinajstić information content (AvgIpc) is 2.79. The van der Waals surface area contributed by atoms with Gasteiger partial charge < -0.3 is 39.0 Å². The van der Waals surface area contributed by atoms with Gasteiger partial charge in [-0.15, -0.1) is 0 Å². The first kappa shape index (κ1) is 77.6. The molecule has 12 heteroatoms. The van der Waals surface area contributed by atoms with Crippen LogP contribution in [0.1, 0.15) is 239 Å². The second-order valence-electron chi connectivity index (χ2n) is 21.6. The number of esters is 3. The molecule has 12 nitrogen and oxygen atoms in total. The van der Waals surface area contributed by atoms with Crippen molar-refractivity contribution in [3.05, 3.63) is 146 Å². The van der Waals surface area contributed by atoms with Gasteiger partial charge in [0.05, 0.1) is 6.61 Å². The summed E-state index contributed by atoms with van der Waals surface area (Å²) in [6, 6.07) is 0. The van der Waals surface area contributed by atoms with Crippen molar-refractivity contribution in [2.24, 2.45) is 0 Å². The van der Waals surface area contributed by atoms with Crippen molar-refractivity contribution in [1.29, 1.82) is 0 Å². The fraction of sp³-hybridized carbons (Fsp3) is 0.616. The molecule has 1 heterocycles. The van der Waals surface area contributed by atoms with Crippen LogP contribution >= 0.6 is 0 Å². The average molecular weight is 1180 g/mol. The first-order valence-corrected chi connectivity index (χ1v) is 32.8. The monoisotopic (exact) mass is 1180 g/mol. The summed E-state index contributed by atoms with van der Waals surface area (Å²) in [7, 11) is 0. The highest BCUT2D eigenvalue weighted by molar-refractivity contribution is 5.74. The van der Waals surface area contributed by atoms with E-state index in [1.54, 1.807) is 0 Å². The van der Waals surface area contributed by atoms with Gasteiger partial charge in [-0.2, -0.15) is 0 Å². The topological polar surface area (TPSA) is 175 Å². The molecule has 6 unspecified atom stereocenters. The Hall–Kier alpha value is -5.40. The number of aliphatic carboxylic acids is 1. The molecule has 1 aliphatic heterocycles. The third kappa shape index (κ3) is 48.4. The van der Waals surface area contributed by atoms with Crippen LogP contribution in [0.3, 0.4) is 0 Å². The molecule has 1 rings (SSSR count). The molecule has 85 heavy (non-hydrogen) atoms. The number of aliphatic hydroxyl groups is 2. The van der Waals surface area contributed by atoms with Crippen LogP contribution in [0.15, 0.2) is 146 Å². The maximum Gasteiger partial charge on any atom is 0.335 e. The molecule has 0 spiro atoms. The van der Waals surface area contributed by atoms with Gasteiger partial charge in [-0.3, -0.25) is 14.4 Å². The number of rotatable bonds is 54. The van der Waals surface area contributed by atoms with E-state index in [0.29, 0.717) is 25.7 Å². The standard InChI is InChI=1S/C73H114O12/c1-4-7-10-13-16-19-22-25-28-31-33-36-38-41-44-47-50-53-56-59-65(74)81-62-64(83-66(75)60-57-54-51-48-45-42-39-35-30-27-24-21-18-15-12-9-6-3)63-82-73-71(69(78)68(77)70(85-73)72(79)80)84-67(76)61-58-55-52-49-46-43-40-37-34-32-29-26-23-20-17-14-11-8-5-2/h8-9,11-12,16-21,25-30,33-34,36-37,43,46,52,55,64,68-71,73,77-78H,4-7,10,13-15,22-24,31-32,35,38-42,44-45,47-51,53-54,56-63H2,1-3H3,(H,79,80)/b11-8-,12-9-,19-16-,20-17-,21-18-,28-25-,29-26-,30-27-,36-33-,37-34-,46-43-,55-52-. The normalized spacial score (nSPS) is 18.4. The molecule has 1 saturated heterocycles. The van der Waals surface area contributed by atoms with Gasteiger partial charge in [0.25, 0.3) is 0 Å². The minimum absolute atomic E-state index is 0.0751. The number of hydrogen-bond acceptors (Lipinski definition) is 11. The van der Waals surface area contributed by atoms with Gasteiger partial charge in [-0.05, 0) is 128 Å². The molecule has 1 aliphatic rings. The van der Waals surface area contributed by atoms with E-state index in [9.17, 15) is 34.5 Å². The Balaban J connectivity index is 2.73. The van der Waals surface area contributed by atoms with E-state index in [4.69, 9.17) is 23.7 Å². The lowest BCUT2D eigenvalue weighted by Crippen LogP contribution is -2.61. The van der Waals surface area contributed by atoms with E-state index < -0.39 is 67.3 Å². The highest BCUT2D eigenvalue weighted by atomic mass is 16.7. The maximum atomic E-state index is 13.2. The van der Waals surface area contributed by atoms with Crippen molar-refractivity contribution in [2.75, 3.05) is 13.2 Å². The van der Waals surface area contributed by atoms with Crippen LogP contribution in [0.2, 0.25) is 0 Å². The predicted molar refractivity (Wildman–Crippen MR) is 349 cm³/mol. The summed E-state index contributed by atoms with van der Waals surface area (Å²) in [5.74, 6) is -3.28. The summed E-state index contributed by atoms with van der Waals surface area (Å²) in [5.41, 5.74) is 0. The summed E-state index contributed by atoms with van der Waals surface area (Å²) in [4.78, 5) is 51.4. The zero-order valence-corrected chi connectivity index (χ0v) is 52.8. The van der Waals surface area contributed by atoms with Gasteiger partial charge in [0, 0.05) is 19.3 Å². The molecule has 6 atom stereocenters. The van der Waals surface area contributed by atoms with Crippen molar-refractivity contribution in [1.82, 2.24) is 0 Å². The number of carboxylic acids is 1. The Morgan fingerprint density at radius 1 is 0.400 bits per heavy atom. The molecule has 0 aromatic rings. The Labute approximate surface area is 514 Å². The number of aliphatic hydroxyl groups excluding tert-OH is 2. The fourth-order valence-corrected chi connectivity index (χ4v) is 8.94. The van der Waals surface area contributed by atoms with Crippen LogP contribution in [0.4, 0.5) is 0 Å². The van der Waals surface area contributed by atoms with Crippen molar-refractivity contribution in [3.63, 3.8) is 0 Å². The van der Waals surface area contributed by atoms with Gasteiger partial charge in [0.15, 0.2) is 24.6 Å². The minimum Gasteiger partial charge on any atom is -0.479 e. The lowest BCUT2D eigenvalue weighted by atomic mass is 9.98. The molecule has 0 radical (unpaired) electrons. The van der Waals surface area contributed by atoms with Gasteiger partial charge in [-0.25, -0.2) is 4.79 Å². The number of unbranched alkanes of at least 4 members (excludes halogenated alkanes) is 16. The van der Waals surface area contributed by atoms with Gasteiger partial charge >= 0.3 is 23.9 Å². The molecule has 1 fully saturated rings. The van der Waals surface area contributed by atoms with Crippen LogP contribution in [-0.4, -0.2) is 89.2 Å². The number of hydrogen-bond donors (Lipinski definition) is 3. The minimum atomic E-state index is -1.94. The summed E-state index contributed by atoms with van der Waals surface area (Å²) in [6.45, 7) is 5.70. The quantitative estimate of drug-likeness (QED) is 0.0228. The summed E-state index contributed by atoms with van der Waals surface area (Å²) in [5, 5.41) is 31.6. The zero-order valence-electron chi connectivity index (χ0n) is 52.8. The van der Waals surface area contributed by atoms with Crippen LogP contribution in [0.5, 0.6) is 0 Å². The predicted octanol–water partition coefficient (Wildman–Crippen LogP) is 17.9. The second-order valence-corrected chi connectivity index (χ2v) is 21.6. The van der Waals surface area contributed by atoms with Crippen molar-refractivity contribution >= 4 is 23.9 Å². The van der Waals surface area contributed by atoms with E-state index >= 15 is 0 Å². The molecule has 0 bridgehead atoms. The number of carbonyl (C=O) groups excluding carboxylic acids is 3. The van der Waals surface area contributed by atoms with Crippen LogP contribution in [-0.2, 0) is 42.9 Å². The Morgan fingerprint density at radius 2 is 0.765 bits per heavy atom. The Kier molecular flexibility index (Phi) is 53.8. The van der Waals surface area contributed by atoms with E-state index in [2.05, 4.69) is 148 Å². The first-order chi connectivity index (χ1) is 41.6. The van der Waals surface area contributed by atoms with Crippen molar-refractivity contribution in [2.45, 2.75) is 276 Å². The summed E-state index contributed by atoms with van der Waals surface area (Å²) >= 11 is 0. The number of allylic oxidation sites excluding steroid dienone is 24. The highest BCUT2D eigenvalue weighted by Crippen LogP contribution is 2.26.